The van der Waals surface area contributed by atoms with Crippen LogP contribution in [0.2, 0.25) is 0 Å². The fourth-order valence-electron chi connectivity index (χ4n) is 3.80. The average Bonchev–Trinajstić information content (AvgIpc) is 3.20. The molecule has 2 aromatic heterocycles. The molecule has 0 fully saturated rings. The summed E-state index contributed by atoms with van der Waals surface area (Å²) in [7, 11) is 1.23. The Hall–Kier alpha value is -3.42. The fourth-order valence-corrected chi connectivity index (χ4v) is 3.80. The molecule has 8 heteroatoms. The van der Waals surface area contributed by atoms with Crippen LogP contribution in [0.5, 0.6) is 0 Å². The second-order valence-corrected chi connectivity index (χ2v) is 6.82. The van der Waals surface area contributed by atoms with Crippen molar-refractivity contribution in [1.82, 2.24) is 19.9 Å². The van der Waals surface area contributed by atoms with Gasteiger partial charge in [0.2, 0.25) is 0 Å². The van der Waals surface area contributed by atoms with Crippen LogP contribution in [0.3, 0.4) is 0 Å². The first-order valence-corrected chi connectivity index (χ1v) is 9.09. The van der Waals surface area contributed by atoms with Crippen molar-refractivity contribution < 1.29 is 14.3 Å². The minimum absolute atomic E-state index is 0.0925. The minimum Gasteiger partial charge on any atom is -0.468 e. The molecule has 1 amide bonds. The molecule has 0 radical (unpaired) electrons. The molecule has 0 spiro atoms. The Bertz CT molecular complexity index is 1110. The van der Waals surface area contributed by atoms with E-state index in [0.717, 1.165) is 25.0 Å². The van der Waals surface area contributed by atoms with E-state index in [4.69, 9.17) is 0 Å². The number of hydrogen-bond donors (Lipinski definition) is 2. The summed E-state index contributed by atoms with van der Waals surface area (Å²) in [5, 5.41) is 5.41. The lowest BCUT2D eigenvalue weighted by molar-refractivity contribution is -0.139. The third-order valence-corrected chi connectivity index (χ3v) is 5.21. The van der Waals surface area contributed by atoms with Crippen LogP contribution in [-0.4, -0.2) is 40.1 Å². The van der Waals surface area contributed by atoms with Crippen LogP contribution in [-0.2, 0) is 22.4 Å². The van der Waals surface area contributed by atoms with Gasteiger partial charge in [0.25, 0.3) is 5.91 Å². The first-order chi connectivity index (χ1) is 13.6. The Balaban J connectivity index is 1.69. The van der Waals surface area contributed by atoms with Crippen molar-refractivity contribution in [3.8, 4) is 0 Å². The Morgan fingerprint density at radius 3 is 2.89 bits per heavy atom. The molecule has 1 unspecified atom stereocenters. The molecule has 2 N–H and O–H groups in total. The van der Waals surface area contributed by atoms with Crippen molar-refractivity contribution >= 4 is 17.5 Å². The molecule has 0 bridgehead atoms. The number of carbonyl (C=O) groups is 2. The lowest BCUT2D eigenvalue weighted by Crippen LogP contribution is -2.34. The molecule has 0 aliphatic heterocycles. The number of nitrogens with one attached hydrogen (secondary N) is 2. The zero-order valence-corrected chi connectivity index (χ0v) is 15.4. The predicted molar refractivity (Wildman–Crippen MR) is 101 cm³/mol. The van der Waals surface area contributed by atoms with Crippen LogP contribution in [0.15, 0.2) is 41.5 Å². The van der Waals surface area contributed by atoms with Crippen molar-refractivity contribution in [2.45, 2.75) is 25.2 Å². The second-order valence-electron chi connectivity index (χ2n) is 6.82. The van der Waals surface area contributed by atoms with E-state index in [1.807, 2.05) is 12.1 Å². The summed E-state index contributed by atoms with van der Waals surface area (Å²) in [6.45, 7) is -0.313. The van der Waals surface area contributed by atoms with Crippen LogP contribution >= 0.6 is 0 Å². The third-order valence-electron chi connectivity index (χ3n) is 5.21. The van der Waals surface area contributed by atoms with Crippen LogP contribution in [0.1, 0.15) is 39.5 Å². The molecule has 8 nitrogen and oxygen atoms in total. The van der Waals surface area contributed by atoms with Gasteiger partial charge < -0.3 is 10.1 Å². The maximum atomic E-state index is 12.8. The molecule has 1 aromatic carbocycles. The zero-order chi connectivity index (χ0) is 19.7. The maximum absolute atomic E-state index is 12.8. The van der Waals surface area contributed by atoms with Crippen LogP contribution in [0, 0.1) is 0 Å². The summed E-state index contributed by atoms with van der Waals surface area (Å²) in [6, 6.07) is 9.81. The monoisotopic (exact) mass is 380 g/mol. The Labute approximate surface area is 160 Å². The lowest BCUT2D eigenvalue weighted by atomic mass is 9.82. The zero-order valence-electron chi connectivity index (χ0n) is 15.4. The van der Waals surface area contributed by atoms with E-state index in [-0.39, 0.29) is 23.7 Å². The number of amides is 1. The highest BCUT2D eigenvalue weighted by Crippen LogP contribution is 2.32. The number of benzene rings is 1. The van der Waals surface area contributed by atoms with Gasteiger partial charge in [0, 0.05) is 17.7 Å². The highest BCUT2D eigenvalue weighted by Gasteiger charge is 2.26. The molecule has 4 rings (SSSR count). The smallest absolute Gasteiger partial charge is 0.325 e. The van der Waals surface area contributed by atoms with Gasteiger partial charge in [0.1, 0.15) is 18.4 Å². The summed E-state index contributed by atoms with van der Waals surface area (Å²) < 4.78 is 6.20. The molecule has 1 aliphatic carbocycles. The maximum Gasteiger partial charge on any atom is 0.325 e. The molecule has 28 heavy (non-hydrogen) atoms. The van der Waals surface area contributed by atoms with Gasteiger partial charge in [-0.05, 0) is 30.4 Å². The third kappa shape index (κ3) is 3.17. The normalized spacial score (nSPS) is 15.8. The van der Waals surface area contributed by atoms with Gasteiger partial charge in [0.15, 0.2) is 11.1 Å². The van der Waals surface area contributed by atoms with E-state index in [1.54, 1.807) is 4.52 Å². The number of carbonyl (C=O) groups excluding carboxylic acids is 2. The number of rotatable bonds is 4. The standard InChI is InChI=1S/C20H20N4O4/c1-28-17(26)10-21-20(27)18-16(25)9-15(24-19(18)22-11-23-24)14-7-6-12-4-2-3-5-13(12)8-14/h2-5,9,11,14H,6-8,10H2,1H3,(H,21,27)(H,22,23). The van der Waals surface area contributed by atoms with Crippen molar-refractivity contribution in [3.63, 3.8) is 0 Å². The summed E-state index contributed by atoms with van der Waals surface area (Å²) in [4.78, 5) is 40.7. The summed E-state index contributed by atoms with van der Waals surface area (Å²) >= 11 is 0. The van der Waals surface area contributed by atoms with Crippen molar-refractivity contribution in [2.75, 3.05) is 13.7 Å². The number of fused-ring (bicyclic) bond motifs is 2. The molecule has 0 saturated carbocycles. The molecular weight excluding hydrogens is 360 g/mol. The highest BCUT2D eigenvalue weighted by atomic mass is 16.5. The van der Waals surface area contributed by atoms with E-state index in [2.05, 4.69) is 32.3 Å². The van der Waals surface area contributed by atoms with Crippen LogP contribution < -0.4 is 10.7 Å². The highest BCUT2D eigenvalue weighted by molar-refractivity contribution is 6.00. The number of esters is 1. The number of aromatic amines is 1. The number of pyridine rings is 1. The van der Waals surface area contributed by atoms with Gasteiger partial charge in [-0.3, -0.25) is 19.5 Å². The Morgan fingerprint density at radius 2 is 2.11 bits per heavy atom. The van der Waals surface area contributed by atoms with Gasteiger partial charge in [-0.2, -0.15) is 0 Å². The molecule has 1 atom stereocenters. The SMILES string of the molecule is COC(=O)CNC(=O)c1c(=O)cc(C2CCc3ccccc3C2)n2[nH]cnc12. The molecule has 1 aliphatic rings. The van der Waals surface area contributed by atoms with E-state index < -0.39 is 17.3 Å². The number of H-pyrrole nitrogens is 1. The molecule has 0 saturated heterocycles. The molecular formula is C20H20N4O4. The van der Waals surface area contributed by atoms with Crippen molar-refractivity contribution in [3.05, 3.63) is 69.3 Å². The summed E-state index contributed by atoms with van der Waals surface area (Å²) in [5.41, 5.74) is 3.17. The average molecular weight is 380 g/mol. The van der Waals surface area contributed by atoms with Gasteiger partial charge in [-0.1, -0.05) is 24.3 Å². The minimum atomic E-state index is -0.652. The molecule has 3 aromatic rings. The van der Waals surface area contributed by atoms with Gasteiger partial charge in [0.05, 0.1) is 7.11 Å². The van der Waals surface area contributed by atoms with E-state index in [0.29, 0.717) is 0 Å². The van der Waals surface area contributed by atoms with Gasteiger partial charge in [-0.25, -0.2) is 9.50 Å². The number of ether oxygens (including phenoxy) is 1. The number of hydrogen-bond acceptors (Lipinski definition) is 5. The number of methoxy groups -OCH3 is 1. The number of nitrogens with zero attached hydrogens (tertiary/aromatic N) is 2. The molecule has 2 heterocycles. The first kappa shape index (κ1) is 18.0. The van der Waals surface area contributed by atoms with Gasteiger partial charge >= 0.3 is 5.97 Å². The van der Waals surface area contributed by atoms with Crippen LogP contribution in [0.4, 0.5) is 0 Å². The van der Waals surface area contributed by atoms with E-state index in [1.165, 1.54) is 30.6 Å². The van der Waals surface area contributed by atoms with Crippen molar-refractivity contribution in [2.24, 2.45) is 0 Å². The van der Waals surface area contributed by atoms with Crippen molar-refractivity contribution in [1.29, 1.82) is 0 Å². The number of aromatic nitrogens is 3. The van der Waals surface area contributed by atoms with E-state index in [9.17, 15) is 14.4 Å². The largest absolute Gasteiger partial charge is 0.468 e. The quantitative estimate of drug-likeness (QED) is 0.662. The Kier molecular flexibility index (Phi) is 4.68. The second kappa shape index (κ2) is 7.30. The molecule has 144 valence electrons. The summed E-state index contributed by atoms with van der Waals surface area (Å²) in [5.74, 6) is -1.10. The summed E-state index contributed by atoms with van der Waals surface area (Å²) in [6.07, 6.45) is 4.12. The number of aryl methyl sites for hydroxylation is 1. The van der Waals surface area contributed by atoms with E-state index >= 15 is 0 Å². The fraction of sp³-hybridized carbons (Fsp3) is 0.300. The Morgan fingerprint density at radius 1 is 1.32 bits per heavy atom. The first-order valence-electron chi connectivity index (χ1n) is 9.09. The van der Waals surface area contributed by atoms with Gasteiger partial charge in [-0.15, -0.1) is 0 Å². The lowest BCUT2D eigenvalue weighted by Gasteiger charge is -2.25. The van der Waals surface area contributed by atoms with Crippen LogP contribution in [0.25, 0.3) is 5.65 Å². The predicted octanol–water partition coefficient (Wildman–Crippen LogP) is 1.20. The topological polar surface area (TPSA) is 106 Å².